The average molecular weight is 327 g/mol. The molecule has 5 nitrogen and oxygen atoms in total. The number of hydrazine groups is 1. The third kappa shape index (κ3) is 3.10. The molecule has 1 amide bonds. The lowest BCUT2D eigenvalue weighted by atomic mass is 9.89. The molecular formula is C15H20ClFN4O. The van der Waals surface area contributed by atoms with Crippen LogP contribution in [0.15, 0.2) is 18.2 Å². The zero-order valence-electron chi connectivity index (χ0n) is 12.3. The van der Waals surface area contributed by atoms with Crippen LogP contribution in [-0.4, -0.2) is 31.1 Å². The Morgan fingerprint density at radius 1 is 1.45 bits per heavy atom. The molecule has 0 aromatic heterocycles. The van der Waals surface area contributed by atoms with Gasteiger partial charge in [0.05, 0.1) is 6.04 Å². The van der Waals surface area contributed by atoms with Gasteiger partial charge in [-0.2, -0.15) is 0 Å². The van der Waals surface area contributed by atoms with Crippen molar-refractivity contribution in [2.75, 3.05) is 13.1 Å². The topological polar surface area (TPSA) is 65.2 Å². The molecule has 1 aromatic carbocycles. The van der Waals surface area contributed by atoms with Crippen molar-refractivity contribution in [1.29, 1.82) is 0 Å². The molecule has 0 radical (unpaired) electrons. The predicted molar refractivity (Wildman–Crippen MR) is 82.8 cm³/mol. The Balaban J connectivity index is 1.66. The molecule has 0 aliphatic carbocycles. The fourth-order valence-electron chi connectivity index (χ4n) is 3.21. The molecule has 2 aliphatic heterocycles. The summed E-state index contributed by atoms with van der Waals surface area (Å²) in [5, 5.41) is 6.60. The Bertz CT molecular complexity index is 570. The van der Waals surface area contributed by atoms with E-state index in [-0.39, 0.29) is 29.7 Å². The summed E-state index contributed by atoms with van der Waals surface area (Å²) in [6.07, 6.45) is 1.00. The molecule has 1 aromatic rings. The summed E-state index contributed by atoms with van der Waals surface area (Å²) in [4.78, 5) is 12.5. The normalized spacial score (nSPS) is 29.0. The maximum Gasteiger partial charge on any atom is 0.239 e. The minimum absolute atomic E-state index is 0.0726. The molecular weight excluding hydrogens is 307 g/mol. The van der Waals surface area contributed by atoms with Gasteiger partial charge < -0.3 is 10.6 Å². The molecule has 0 saturated carbocycles. The number of benzene rings is 1. The molecule has 0 bridgehead atoms. The first-order chi connectivity index (χ1) is 10.6. The highest BCUT2D eigenvalue weighted by Gasteiger charge is 2.41. The summed E-state index contributed by atoms with van der Waals surface area (Å²) < 4.78 is 13.1. The summed E-state index contributed by atoms with van der Waals surface area (Å²) >= 11 is 6.05. The Morgan fingerprint density at radius 3 is 3.05 bits per heavy atom. The van der Waals surface area contributed by atoms with Gasteiger partial charge in [-0.15, -0.1) is 0 Å². The molecule has 22 heavy (non-hydrogen) atoms. The second kappa shape index (κ2) is 6.50. The minimum Gasteiger partial charge on any atom is -0.348 e. The van der Waals surface area contributed by atoms with Crippen LogP contribution in [0.4, 0.5) is 4.39 Å². The van der Waals surface area contributed by atoms with Crippen molar-refractivity contribution in [3.63, 3.8) is 0 Å². The van der Waals surface area contributed by atoms with Gasteiger partial charge in [-0.1, -0.05) is 17.7 Å². The molecule has 2 fully saturated rings. The monoisotopic (exact) mass is 326 g/mol. The number of carbonyl (C=O) groups is 1. The highest BCUT2D eigenvalue weighted by atomic mass is 35.5. The number of rotatable bonds is 3. The largest absolute Gasteiger partial charge is 0.348 e. The molecule has 2 aliphatic rings. The van der Waals surface area contributed by atoms with Gasteiger partial charge in [-0.25, -0.2) is 9.82 Å². The third-order valence-electron chi connectivity index (χ3n) is 4.45. The second-order valence-electron chi connectivity index (χ2n) is 5.93. The first-order valence-corrected chi connectivity index (χ1v) is 7.91. The first kappa shape index (κ1) is 15.7. The van der Waals surface area contributed by atoms with Crippen molar-refractivity contribution in [3.8, 4) is 0 Å². The number of fused-ring (bicyclic) bond motifs is 1. The average Bonchev–Trinajstić information content (AvgIpc) is 2.91. The predicted octanol–water partition coefficient (Wildman–Crippen LogP) is 1.11. The van der Waals surface area contributed by atoms with Crippen LogP contribution >= 0.6 is 11.6 Å². The highest BCUT2D eigenvalue weighted by Crippen LogP contribution is 2.25. The van der Waals surface area contributed by atoms with Crippen LogP contribution in [-0.2, 0) is 4.79 Å². The Kier molecular flexibility index (Phi) is 4.63. The molecule has 0 spiro atoms. The summed E-state index contributed by atoms with van der Waals surface area (Å²) in [6, 6.07) is 3.98. The third-order valence-corrected chi connectivity index (χ3v) is 4.78. The number of hydrogen-bond acceptors (Lipinski definition) is 4. The standard InChI is InChI=1S/C15H20ClFN4O/c1-8(10-3-2-9(17)6-12(10)16)19-15(22)14-11-7-18-5-4-13(11)20-21-14/h2-3,6,8,11,13-14,18,20-21H,4-5,7H2,1H3,(H,19,22). The maximum absolute atomic E-state index is 13.1. The molecule has 2 heterocycles. The van der Waals surface area contributed by atoms with E-state index >= 15 is 0 Å². The fraction of sp³-hybridized carbons (Fsp3) is 0.533. The lowest BCUT2D eigenvalue weighted by Gasteiger charge is -2.28. The van der Waals surface area contributed by atoms with E-state index in [9.17, 15) is 9.18 Å². The number of nitrogens with one attached hydrogen (secondary N) is 4. The summed E-state index contributed by atoms with van der Waals surface area (Å²) in [5.74, 6) is -0.230. The highest BCUT2D eigenvalue weighted by molar-refractivity contribution is 6.31. The van der Waals surface area contributed by atoms with Gasteiger partial charge in [0.1, 0.15) is 11.9 Å². The van der Waals surface area contributed by atoms with Crippen LogP contribution < -0.4 is 21.5 Å². The Morgan fingerprint density at radius 2 is 2.27 bits per heavy atom. The van der Waals surface area contributed by atoms with E-state index < -0.39 is 0 Å². The summed E-state index contributed by atoms with van der Waals surface area (Å²) in [5.41, 5.74) is 6.99. The van der Waals surface area contributed by atoms with Crippen molar-refractivity contribution < 1.29 is 9.18 Å². The molecule has 7 heteroatoms. The summed E-state index contributed by atoms with van der Waals surface area (Å²) in [7, 11) is 0. The zero-order valence-corrected chi connectivity index (χ0v) is 13.1. The van der Waals surface area contributed by atoms with E-state index in [4.69, 9.17) is 11.6 Å². The van der Waals surface area contributed by atoms with Crippen molar-refractivity contribution in [1.82, 2.24) is 21.5 Å². The lowest BCUT2D eigenvalue weighted by Crippen LogP contribution is -2.49. The van der Waals surface area contributed by atoms with Crippen LogP contribution in [0.25, 0.3) is 0 Å². The van der Waals surface area contributed by atoms with Crippen molar-refractivity contribution in [3.05, 3.63) is 34.6 Å². The molecule has 4 N–H and O–H groups in total. The van der Waals surface area contributed by atoms with Crippen molar-refractivity contribution in [2.24, 2.45) is 5.92 Å². The van der Waals surface area contributed by atoms with Gasteiger partial charge in [0.25, 0.3) is 0 Å². The van der Waals surface area contributed by atoms with Gasteiger partial charge in [0, 0.05) is 23.5 Å². The summed E-state index contributed by atoms with van der Waals surface area (Å²) in [6.45, 7) is 3.62. The van der Waals surface area contributed by atoms with Gasteiger partial charge in [-0.05, 0) is 37.6 Å². The van der Waals surface area contributed by atoms with Crippen LogP contribution in [0.5, 0.6) is 0 Å². The Hall–Kier alpha value is -1.21. The van der Waals surface area contributed by atoms with E-state index in [1.807, 2.05) is 6.92 Å². The van der Waals surface area contributed by atoms with Gasteiger partial charge in [-0.3, -0.25) is 10.2 Å². The molecule has 4 unspecified atom stereocenters. The molecule has 4 atom stereocenters. The molecule has 2 saturated heterocycles. The zero-order chi connectivity index (χ0) is 15.7. The smallest absolute Gasteiger partial charge is 0.239 e. The number of carbonyl (C=O) groups excluding carboxylic acids is 1. The SMILES string of the molecule is CC(NC(=O)C1NNC2CCNCC21)c1ccc(F)cc1Cl. The van der Waals surface area contributed by atoms with E-state index in [2.05, 4.69) is 21.5 Å². The van der Waals surface area contributed by atoms with E-state index in [1.165, 1.54) is 12.1 Å². The van der Waals surface area contributed by atoms with E-state index in [0.717, 1.165) is 19.5 Å². The van der Waals surface area contributed by atoms with Crippen LogP contribution in [0.2, 0.25) is 5.02 Å². The van der Waals surface area contributed by atoms with Gasteiger partial charge >= 0.3 is 0 Å². The molecule has 120 valence electrons. The number of halogens is 2. The van der Waals surface area contributed by atoms with Gasteiger partial charge in [0.15, 0.2) is 0 Å². The van der Waals surface area contributed by atoms with E-state index in [0.29, 0.717) is 16.6 Å². The fourth-order valence-corrected chi connectivity index (χ4v) is 3.54. The second-order valence-corrected chi connectivity index (χ2v) is 6.33. The molecule has 3 rings (SSSR count). The van der Waals surface area contributed by atoms with E-state index in [1.54, 1.807) is 6.07 Å². The van der Waals surface area contributed by atoms with Crippen LogP contribution in [0.1, 0.15) is 24.9 Å². The lowest BCUT2D eigenvalue weighted by molar-refractivity contribution is -0.124. The number of hydrogen-bond donors (Lipinski definition) is 4. The van der Waals surface area contributed by atoms with Crippen molar-refractivity contribution in [2.45, 2.75) is 31.5 Å². The van der Waals surface area contributed by atoms with Crippen LogP contribution in [0, 0.1) is 11.7 Å². The quantitative estimate of drug-likeness (QED) is 0.672. The van der Waals surface area contributed by atoms with Gasteiger partial charge in [0.2, 0.25) is 5.91 Å². The number of amides is 1. The minimum atomic E-state index is -0.384. The maximum atomic E-state index is 13.1. The first-order valence-electron chi connectivity index (χ1n) is 7.53. The van der Waals surface area contributed by atoms with Crippen molar-refractivity contribution >= 4 is 17.5 Å². The Labute approximate surface area is 134 Å². The van der Waals surface area contributed by atoms with Crippen LogP contribution in [0.3, 0.4) is 0 Å². The number of piperidine rings is 1.